The minimum Gasteiger partial charge on any atom is -0.351 e. The van der Waals surface area contributed by atoms with E-state index >= 15 is 4.39 Å². The Labute approximate surface area is 215 Å². The number of carbonyl (C=O) groups excluding carboxylic acids is 2. The van der Waals surface area contributed by atoms with Crippen LogP contribution in [0.3, 0.4) is 0 Å². The third-order valence-corrected chi connectivity index (χ3v) is 7.22. The first-order chi connectivity index (χ1) is 17.9. The Bertz CT molecular complexity index is 1440. The Hall–Kier alpha value is -4.07. The van der Waals surface area contributed by atoms with Crippen LogP contribution in [0.15, 0.2) is 66.7 Å². The number of amides is 2. The van der Waals surface area contributed by atoms with E-state index in [1.807, 2.05) is 50.2 Å². The number of hydrogen-bond acceptors (Lipinski definition) is 4. The number of nitrogens with one attached hydrogen (secondary N) is 1. The van der Waals surface area contributed by atoms with Gasteiger partial charge in [-0.2, -0.15) is 0 Å². The van der Waals surface area contributed by atoms with Crippen molar-refractivity contribution in [1.29, 1.82) is 0 Å². The fourth-order valence-corrected chi connectivity index (χ4v) is 5.10. The van der Waals surface area contributed by atoms with E-state index in [0.29, 0.717) is 16.7 Å². The highest BCUT2D eigenvalue weighted by Gasteiger charge is 2.37. The van der Waals surface area contributed by atoms with Crippen LogP contribution >= 0.6 is 0 Å². The highest BCUT2D eigenvalue weighted by atomic mass is 19.1. The second kappa shape index (κ2) is 10.5. The zero-order chi connectivity index (χ0) is 25.9. The molecule has 0 saturated heterocycles. The molecular formula is C29H30FN5O2. The maximum atomic E-state index is 15.3. The van der Waals surface area contributed by atoms with Crippen LogP contribution in [0.5, 0.6) is 0 Å². The molecule has 1 aliphatic carbocycles. The molecule has 1 atom stereocenters. The number of hydrogen-bond donors (Lipinski definition) is 1. The summed E-state index contributed by atoms with van der Waals surface area (Å²) in [6.45, 7) is 3.70. The Morgan fingerprint density at radius 2 is 1.76 bits per heavy atom. The van der Waals surface area contributed by atoms with Gasteiger partial charge in [0.1, 0.15) is 23.9 Å². The summed E-state index contributed by atoms with van der Waals surface area (Å²) in [5.74, 6) is -1.32. The predicted octanol–water partition coefficient (Wildman–Crippen LogP) is 5.02. The average molecular weight is 500 g/mol. The molecule has 0 radical (unpaired) electrons. The third kappa shape index (κ3) is 4.96. The lowest BCUT2D eigenvalue weighted by atomic mass is 9.99. The van der Waals surface area contributed by atoms with E-state index in [4.69, 9.17) is 0 Å². The molecular weight excluding hydrogens is 469 g/mol. The fraction of sp³-hybridized carbons (Fsp3) is 0.310. The van der Waals surface area contributed by atoms with E-state index in [1.54, 1.807) is 24.3 Å². The van der Waals surface area contributed by atoms with Gasteiger partial charge in [0.25, 0.3) is 0 Å². The van der Waals surface area contributed by atoms with Crippen LogP contribution in [0, 0.1) is 19.7 Å². The molecule has 190 valence electrons. The molecule has 3 aromatic carbocycles. The minimum absolute atomic E-state index is 0.0107. The highest BCUT2D eigenvalue weighted by Crippen LogP contribution is 2.34. The number of para-hydroxylation sites is 1. The quantitative estimate of drug-likeness (QED) is 0.387. The molecule has 1 heterocycles. The van der Waals surface area contributed by atoms with Crippen molar-refractivity contribution in [2.45, 2.75) is 58.2 Å². The van der Waals surface area contributed by atoms with Gasteiger partial charge in [-0.25, -0.2) is 9.07 Å². The number of fused-ring (bicyclic) bond motifs is 1. The molecule has 0 spiro atoms. The van der Waals surface area contributed by atoms with Crippen molar-refractivity contribution in [1.82, 2.24) is 20.3 Å². The molecule has 1 saturated carbocycles. The van der Waals surface area contributed by atoms with Gasteiger partial charge in [-0.3, -0.25) is 14.5 Å². The number of carbonyl (C=O) groups is 2. The summed E-state index contributed by atoms with van der Waals surface area (Å²) in [6, 6.07) is 17.9. The maximum Gasteiger partial charge on any atom is 0.249 e. The number of aromatic nitrogens is 3. The molecule has 5 rings (SSSR count). The van der Waals surface area contributed by atoms with Crippen molar-refractivity contribution < 1.29 is 14.0 Å². The molecule has 1 aliphatic rings. The van der Waals surface area contributed by atoms with Crippen molar-refractivity contribution in [3.05, 3.63) is 89.2 Å². The maximum absolute atomic E-state index is 15.3. The van der Waals surface area contributed by atoms with Crippen LogP contribution in [0.1, 0.15) is 48.4 Å². The molecule has 1 fully saturated rings. The molecule has 1 unspecified atom stereocenters. The lowest BCUT2D eigenvalue weighted by Crippen LogP contribution is -2.48. The second-order valence-corrected chi connectivity index (χ2v) is 9.63. The number of aryl methyl sites for hydroxylation is 1. The predicted molar refractivity (Wildman–Crippen MR) is 140 cm³/mol. The van der Waals surface area contributed by atoms with Gasteiger partial charge in [0.2, 0.25) is 11.8 Å². The molecule has 2 amide bonds. The number of anilines is 1. The normalized spacial score (nSPS) is 14.6. The van der Waals surface area contributed by atoms with Crippen LogP contribution in [0.4, 0.5) is 10.1 Å². The standard InChI is InChI=1S/C29H30FN5O2/c1-19-10-9-17-25(20(19)2)35(27(36)18-34-26-16-8-7-15-24(26)32-33-34)28(22-13-5-6-14-23(22)30)29(37)31-21-11-3-4-12-21/h5-10,13-17,21,28H,3-4,11-12,18H2,1-2H3,(H,31,37). The van der Waals surface area contributed by atoms with E-state index in [-0.39, 0.29) is 24.1 Å². The summed E-state index contributed by atoms with van der Waals surface area (Å²) in [4.78, 5) is 29.4. The van der Waals surface area contributed by atoms with Crippen LogP contribution in [-0.4, -0.2) is 32.9 Å². The largest absolute Gasteiger partial charge is 0.351 e. The van der Waals surface area contributed by atoms with Crippen molar-refractivity contribution >= 4 is 28.5 Å². The van der Waals surface area contributed by atoms with Crippen LogP contribution in [-0.2, 0) is 16.1 Å². The second-order valence-electron chi connectivity index (χ2n) is 9.63. The molecule has 1 aromatic heterocycles. The van der Waals surface area contributed by atoms with Gasteiger partial charge in [0.05, 0.1) is 5.52 Å². The third-order valence-electron chi connectivity index (χ3n) is 7.22. The lowest BCUT2D eigenvalue weighted by molar-refractivity contribution is -0.127. The number of halogens is 1. The van der Waals surface area contributed by atoms with Gasteiger partial charge in [-0.15, -0.1) is 5.10 Å². The van der Waals surface area contributed by atoms with Gasteiger partial charge >= 0.3 is 0 Å². The Balaban J connectivity index is 1.62. The van der Waals surface area contributed by atoms with Gasteiger partial charge in [0, 0.05) is 17.3 Å². The number of rotatable bonds is 7. The van der Waals surface area contributed by atoms with E-state index in [0.717, 1.165) is 36.8 Å². The lowest BCUT2D eigenvalue weighted by Gasteiger charge is -2.33. The molecule has 0 bridgehead atoms. The first-order valence-electron chi connectivity index (χ1n) is 12.7. The van der Waals surface area contributed by atoms with E-state index in [2.05, 4.69) is 15.6 Å². The Morgan fingerprint density at radius 3 is 2.54 bits per heavy atom. The van der Waals surface area contributed by atoms with E-state index < -0.39 is 17.8 Å². The minimum atomic E-state index is -1.19. The number of benzene rings is 3. The smallest absolute Gasteiger partial charge is 0.249 e. The monoisotopic (exact) mass is 499 g/mol. The average Bonchev–Trinajstić information content (AvgIpc) is 3.55. The van der Waals surface area contributed by atoms with Gasteiger partial charge in [-0.1, -0.05) is 60.5 Å². The molecule has 4 aromatic rings. The van der Waals surface area contributed by atoms with Crippen molar-refractivity contribution in [2.75, 3.05) is 4.90 Å². The molecule has 7 nitrogen and oxygen atoms in total. The van der Waals surface area contributed by atoms with Crippen molar-refractivity contribution in [3.8, 4) is 0 Å². The zero-order valence-electron chi connectivity index (χ0n) is 21.0. The zero-order valence-corrected chi connectivity index (χ0v) is 21.0. The van der Waals surface area contributed by atoms with Crippen LogP contribution < -0.4 is 10.2 Å². The first kappa shape index (κ1) is 24.6. The van der Waals surface area contributed by atoms with Crippen LogP contribution in [0.2, 0.25) is 0 Å². The van der Waals surface area contributed by atoms with Crippen molar-refractivity contribution in [2.24, 2.45) is 0 Å². The van der Waals surface area contributed by atoms with Gasteiger partial charge in [0.15, 0.2) is 0 Å². The Morgan fingerprint density at radius 1 is 1.03 bits per heavy atom. The summed E-state index contributed by atoms with van der Waals surface area (Å²) in [6.07, 6.45) is 3.82. The summed E-state index contributed by atoms with van der Waals surface area (Å²) in [5, 5.41) is 11.4. The first-order valence-corrected chi connectivity index (χ1v) is 12.7. The highest BCUT2D eigenvalue weighted by molar-refractivity contribution is 6.02. The SMILES string of the molecule is Cc1cccc(N(C(=O)Cn2nnc3ccccc32)C(C(=O)NC2CCCC2)c2ccccc2F)c1C. The van der Waals surface area contributed by atoms with Gasteiger partial charge in [-0.05, 0) is 62.1 Å². The Kier molecular flexibility index (Phi) is 6.99. The van der Waals surface area contributed by atoms with Gasteiger partial charge < -0.3 is 5.32 Å². The molecule has 8 heteroatoms. The molecule has 0 aliphatic heterocycles. The number of nitrogens with zero attached hydrogens (tertiary/aromatic N) is 4. The molecule has 37 heavy (non-hydrogen) atoms. The van der Waals surface area contributed by atoms with Crippen molar-refractivity contribution in [3.63, 3.8) is 0 Å². The summed E-state index contributed by atoms with van der Waals surface area (Å²) < 4.78 is 16.8. The summed E-state index contributed by atoms with van der Waals surface area (Å²) >= 11 is 0. The topological polar surface area (TPSA) is 80.1 Å². The van der Waals surface area contributed by atoms with E-state index in [1.165, 1.54) is 15.6 Å². The summed E-state index contributed by atoms with van der Waals surface area (Å²) in [7, 11) is 0. The van der Waals surface area contributed by atoms with Crippen LogP contribution in [0.25, 0.3) is 11.0 Å². The molecule has 1 N–H and O–H groups in total. The van der Waals surface area contributed by atoms with E-state index in [9.17, 15) is 9.59 Å². The summed E-state index contributed by atoms with van der Waals surface area (Å²) in [5.41, 5.74) is 3.88. The fourth-order valence-electron chi connectivity index (χ4n) is 5.10.